The first-order valence-corrected chi connectivity index (χ1v) is 8.65. The quantitative estimate of drug-likeness (QED) is 0.554. The standard InChI is InChI=1S/C19H14F3N5O2/c1-2-11-6-3-4-7-12(11)23-17(28)16-25-18-24-13(14-8-5-9-29-14)10-15(19(20,21)22)27(18)26-16/h3-10H,2H2,1H3,(H,23,28). The number of benzene rings is 1. The van der Waals surface area contributed by atoms with Gasteiger partial charge in [0.05, 0.1) is 6.26 Å². The van der Waals surface area contributed by atoms with Crippen LogP contribution in [0.2, 0.25) is 0 Å². The molecule has 0 saturated carbocycles. The fourth-order valence-corrected chi connectivity index (χ4v) is 2.85. The third kappa shape index (κ3) is 3.56. The second-order valence-electron chi connectivity index (χ2n) is 6.11. The first kappa shape index (κ1) is 18.7. The van der Waals surface area contributed by atoms with Gasteiger partial charge in [0, 0.05) is 5.69 Å². The number of para-hydroxylation sites is 1. The van der Waals surface area contributed by atoms with Gasteiger partial charge >= 0.3 is 6.18 Å². The molecule has 1 aromatic carbocycles. The van der Waals surface area contributed by atoms with Gasteiger partial charge in [-0.25, -0.2) is 4.98 Å². The molecule has 0 saturated heterocycles. The molecular weight excluding hydrogens is 387 g/mol. The van der Waals surface area contributed by atoms with Crippen LogP contribution in [-0.4, -0.2) is 25.5 Å². The molecule has 148 valence electrons. The third-order valence-corrected chi connectivity index (χ3v) is 4.23. The van der Waals surface area contributed by atoms with Crippen LogP contribution in [0.3, 0.4) is 0 Å². The Hall–Kier alpha value is -3.69. The van der Waals surface area contributed by atoms with Crippen molar-refractivity contribution in [1.82, 2.24) is 19.6 Å². The molecule has 0 radical (unpaired) electrons. The van der Waals surface area contributed by atoms with Crippen LogP contribution in [0.5, 0.6) is 0 Å². The average Bonchev–Trinajstić information content (AvgIpc) is 3.36. The number of nitrogens with one attached hydrogen (secondary N) is 1. The van der Waals surface area contributed by atoms with Gasteiger partial charge < -0.3 is 9.73 Å². The van der Waals surface area contributed by atoms with Crippen LogP contribution in [0, 0.1) is 0 Å². The van der Waals surface area contributed by atoms with E-state index in [0.29, 0.717) is 16.6 Å². The molecular formula is C19H14F3N5O2. The summed E-state index contributed by atoms with van der Waals surface area (Å²) < 4.78 is 46.3. The lowest BCUT2D eigenvalue weighted by Gasteiger charge is -2.09. The van der Waals surface area contributed by atoms with Crippen LogP contribution >= 0.6 is 0 Å². The average molecular weight is 401 g/mol. The molecule has 10 heteroatoms. The molecule has 0 fully saturated rings. The van der Waals surface area contributed by atoms with Crippen LogP contribution in [0.4, 0.5) is 18.9 Å². The van der Waals surface area contributed by atoms with Crippen molar-refractivity contribution in [3.63, 3.8) is 0 Å². The molecule has 3 aromatic heterocycles. The highest BCUT2D eigenvalue weighted by Gasteiger charge is 2.36. The Morgan fingerprint density at radius 2 is 1.97 bits per heavy atom. The number of anilines is 1. The normalized spacial score (nSPS) is 11.7. The molecule has 1 N–H and O–H groups in total. The zero-order valence-electron chi connectivity index (χ0n) is 15.1. The van der Waals surface area contributed by atoms with Crippen LogP contribution in [-0.2, 0) is 12.6 Å². The summed E-state index contributed by atoms with van der Waals surface area (Å²) in [5.74, 6) is -1.38. The molecule has 0 bridgehead atoms. The number of fused-ring (bicyclic) bond motifs is 1. The fraction of sp³-hybridized carbons (Fsp3) is 0.158. The van der Waals surface area contributed by atoms with Gasteiger partial charge in [-0.15, -0.1) is 5.10 Å². The van der Waals surface area contributed by atoms with Gasteiger partial charge in [0.1, 0.15) is 5.69 Å². The Kier molecular flexibility index (Phi) is 4.53. The second-order valence-corrected chi connectivity index (χ2v) is 6.11. The number of alkyl halides is 3. The molecule has 0 spiro atoms. The zero-order valence-corrected chi connectivity index (χ0v) is 15.1. The van der Waals surface area contributed by atoms with Crippen molar-refractivity contribution in [3.05, 3.63) is 65.8 Å². The summed E-state index contributed by atoms with van der Waals surface area (Å²) in [6.45, 7) is 1.92. The van der Waals surface area contributed by atoms with E-state index in [-0.39, 0.29) is 17.2 Å². The molecule has 29 heavy (non-hydrogen) atoms. The van der Waals surface area contributed by atoms with Crippen molar-refractivity contribution in [2.75, 3.05) is 5.32 Å². The molecule has 0 aliphatic rings. The molecule has 0 atom stereocenters. The number of carbonyl (C=O) groups excluding carboxylic acids is 1. The number of aryl methyl sites for hydroxylation is 1. The second kappa shape index (κ2) is 7.04. The van der Waals surface area contributed by atoms with Gasteiger partial charge in [0.2, 0.25) is 5.82 Å². The number of hydrogen-bond donors (Lipinski definition) is 1. The van der Waals surface area contributed by atoms with Gasteiger partial charge in [-0.1, -0.05) is 25.1 Å². The zero-order chi connectivity index (χ0) is 20.6. The van der Waals surface area contributed by atoms with Gasteiger partial charge in [-0.3, -0.25) is 4.79 Å². The molecule has 3 heterocycles. The Balaban J connectivity index is 1.78. The highest BCUT2D eigenvalue weighted by Crippen LogP contribution is 2.32. The summed E-state index contributed by atoms with van der Waals surface area (Å²) in [6, 6.07) is 10.9. The number of amides is 1. The largest absolute Gasteiger partial charge is 0.463 e. The van der Waals surface area contributed by atoms with Gasteiger partial charge in [-0.05, 0) is 36.2 Å². The fourth-order valence-electron chi connectivity index (χ4n) is 2.85. The van der Waals surface area contributed by atoms with E-state index in [1.807, 2.05) is 19.1 Å². The Bertz CT molecular complexity index is 1180. The lowest BCUT2D eigenvalue weighted by atomic mass is 10.1. The molecule has 0 aliphatic carbocycles. The van der Waals surface area contributed by atoms with Gasteiger partial charge in [-0.2, -0.15) is 22.7 Å². The van der Waals surface area contributed by atoms with E-state index in [1.165, 1.54) is 18.4 Å². The number of halogens is 3. The number of carbonyl (C=O) groups is 1. The predicted octanol–water partition coefficient (Wildman–Crippen LogP) is 4.22. The van der Waals surface area contributed by atoms with Crippen molar-refractivity contribution < 1.29 is 22.4 Å². The number of aromatic nitrogens is 4. The van der Waals surface area contributed by atoms with E-state index < -0.39 is 23.6 Å². The monoisotopic (exact) mass is 401 g/mol. The van der Waals surface area contributed by atoms with Crippen LogP contribution in [0.25, 0.3) is 17.2 Å². The summed E-state index contributed by atoms with van der Waals surface area (Å²) in [5, 5.41) is 6.37. The lowest BCUT2D eigenvalue weighted by Crippen LogP contribution is -2.16. The predicted molar refractivity (Wildman–Crippen MR) is 97.3 cm³/mol. The van der Waals surface area contributed by atoms with Crippen LogP contribution in [0.15, 0.2) is 53.1 Å². The third-order valence-electron chi connectivity index (χ3n) is 4.23. The van der Waals surface area contributed by atoms with Gasteiger partial charge in [0.15, 0.2) is 11.5 Å². The van der Waals surface area contributed by atoms with E-state index in [1.54, 1.807) is 12.1 Å². The first-order chi connectivity index (χ1) is 13.9. The minimum atomic E-state index is -4.74. The van der Waals surface area contributed by atoms with E-state index in [9.17, 15) is 18.0 Å². The smallest absolute Gasteiger partial charge is 0.433 e. The Morgan fingerprint density at radius 3 is 2.66 bits per heavy atom. The maximum absolute atomic E-state index is 13.5. The number of nitrogens with zero attached hydrogens (tertiary/aromatic N) is 4. The highest BCUT2D eigenvalue weighted by molar-refractivity contribution is 6.02. The summed E-state index contributed by atoms with van der Waals surface area (Å²) in [6.07, 6.45) is -2.75. The maximum atomic E-state index is 13.5. The van der Waals surface area contributed by atoms with Gasteiger partial charge in [0.25, 0.3) is 11.7 Å². The molecule has 7 nitrogen and oxygen atoms in total. The molecule has 0 aliphatic heterocycles. The SMILES string of the molecule is CCc1ccccc1NC(=O)c1nc2nc(-c3ccco3)cc(C(F)(F)F)n2n1. The summed E-state index contributed by atoms with van der Waals surface area (Å²) >= 11 is 0. The first-order valence-electron chi connectivity index (χ1n) is 8.65. The van der Waals surface area contributed by atoms with Crippen molar-refractivity contribution in [2.45, 2.75) is 19.5 Å². The summed E-state index contributed by atoms with van der Waals surface area (Å²) in [4.78, 5) is 20.5. The summed E-state index contributed by atoms with van der Waals surface area (Å²) in [5.41, 5.74) is 0.234. The van der Waals surface area contributed by atoms with E-state index in [2.05, 4.69) is 20.4 Å². The van der Waals surface area contributed by atoms with E-state index in [0.717, 1.165) is 11.6 Å². The highest BCUT2D eigenvalue weighted by atomic mass is 19.4. The van der Waals surface area contributed by atoms with Crippen molar-refractivity contribution in [1.29, 1.82) is 0 Å². The molecule has 4 aromatic rings. The van der Waals surface area contributed by atoms with Crippen molar-refractivity contribution in [2.24, 2.45) is 0 Å². The van der Waals surface area contributed by atoms with Crippen LogP contribution in [0.1, 0.15) is 28.8 Å². The van der Waals surface area contributed by atoms with Crippen LogP contribution < -0.4 is 5.32 Å². The minimum absolute atomic E-state index is 0.0643. The van der Waals surface area contributed by atoms with Crippen molar-refractivity contribution in [3.8, 4) is 11.5 Å². The van der Waals surface area contributed by atoms with Crippen molar-refractivity contribution >= 4 is 17.4 Å². The Labute approximate surface area is 162 Å². The number of rotatable bonds is 4. The lowest BCUT2D eigenvalue weighted by molar-refractivity contribution is -0.142. The number of furan rings is 1. The Morgan fingerprint density at radius 1 is 1.17 bits per heavy atom. The topological polar surface area (TPSA) is 85.3 Å². The molecule has 1 amide bonds. The molecule has 4 rings (SSSR count). The number of hydrogen-bond acceptors (Lipinski definition) is 5. The molecule has 0 unspecified atom stereocenters. The minimum Gasteiger partial charge on any atom is -0.463 e. The van der Waals surface area contributed by atoms with E-state index in [4.69, 9.17) is 4.42 Å². The maximum Gasteiger partial charge on any atom is 0.433 e. The van der Waals surface area contributed by atoms with E-state index >= 15 is 0 Å². The summed E-state index contributed by atoms with van der Waals surface area (Å²) in [7, 11) is 0.